The van der Waals surface area contributed by atoms with Crippen LogP contribution in [0.1, 0.15) is 31.9 Å². The van der Waals surface area contributed by atoms with Gasteiger partial charge in [-0.1, -0.05) is 44.2 Å². The molecule has 1 heterocycles. The average Bonchev–Trinajstić information content (AvgIpc) is 2.07. The average molecular weight is 163 g/mol. The molecule has 1 fully saturated rings. The van der Waals surface area contributed by atoms with Gasteiger partial charge >= 0.3 is 0 Å². The van der Waals surface area contributed by atoms with Crippen LogP contribution in [0.5, 0.6) is 0 Å². The van der Waals surface area contributed by atoms with E-state index in [1.807, 2.05) is 13.8 Å². The third kappa shape index (κ3) is 2.08. The fourth-order valence-corrected chi connectivity index (χ4v) is 1.26. The van der Waals surface area contributed by atoms with Gasteiger partial charge in [0.25, 0.3) is 0 Å². The zero-order valence-corrected chi connectivity index (χ0v) is 7.88. The molecule has 0 spiro atoms. The van der Waals surface area contributed by atoms with Crippen molar-refractivity contribution < 1.29 is 0 Å². The first kappa shape index (κ1) is 9.27. The Balaban J connectivity index is 0.000000336. The van der Waals surface area contributed by atoms with Crippen molar-refractivity contribution in [1.82, 2.24) is 5.32 Å². The van der Waals surface area contributed by atoms with Gasteiger partial charge in [-0.05, 0) is 18.5 Å². The van der Waals surface area contributed by atoms with Gasteiger partial charge in [-0.2, -0.15) is 0 Å². The summed E-state index contributed by atoms with van der Waals surface area (Å²) in [5.41, 5.74) is 1.42. The molecule has 0 aromatic heterocycles. The highest BCUT2D eigenvalue weighted by Gasteiger charge is 2.16. The lowest BCUT2D eigenvalue weighted by molar-refractivity contribution is 0.383. The Morgan fingerprint density at radius 3 is 2.17 bits per heavy atom. The van der Waals surface area contributed by atoms with Gasteiger partial charge in [0, 0.05) is 6.04 Å². The molecule has 0 bridgehead atoms. The molecule has 1 saturated heterocycles. The molecule has 0 radical (unpaired) electrons. The summed E-state index contributed by atoms with van der Waals surface area (Å²) in [6, 6.07) is 11.2. The van der Waals surface area contributed by atoms with Crippen LogP contribution in [-0.2, 0) is 0 Å². The first-order valence-electron chi connectivity index (χ1n) is 4.75. The van der Waals surface area contributed by atoms with E-state index in [1.54, 1.807) is 0 Å². The Labute approximate surface area is 74.8 Å². The summed E-state index contributed by atoms with van der Waals surface area (Å²) in [4.78, 5) is 0. The highest BCUT2D eigenvalue weighted by Crippen LogP contribution is 2.21. The number of hydrogen-bond acceptors (Lipinski definition) is 1. The molecule has 1 aromatic rings. The smallest absolute Gasteiger partial charge is 0.0332 e. The Kier molecular flexibility index (Phi) is 3.81. The van der Waals surface area contributed by atoms with Gasteiger partial charge in [-0.3, -0.25) is 0 Å². The van der Waals surface area contributed by atoms with Crippen LogP contribution in [-0.4, -0.2) is 6.54 Å². The van der Waals surface area contributed by atoms with E-state index >= 15 is 0 Å². The third-order valence-corrected chi connectivity index (χ3v) is 2.03. The molecular weight excluding hydrogens is 146 g/mol. The Bertz CT molecular complexity index is 202. The fourth-order valence-electron chi connectivity index (χ4n) is 1.26. The molecule has 1 N–H and O–H groups in total. The highest BCUT2D eigenvalue weighted by molar-refractivity contribution is 5.20. The Morgan fingerprint density at radius 2 is 1.75 bits per heavy atom. The molecule has 0 amide bonds. The Hall–Kier alpha value is -0.820. The number of hydrogen-bond donors (Lipinski definition) is 1. The molecule has 2 rings (SSSR count). The third-order valence-electron chi connectivity index (χ3n) is 2.03. The zero-order valence-electron chi connectivity index (χ0n) is 7.88. The van der Waals surface area contributed by atoms with Gasteiger partial charge in [-0.15, -0.1) is 0 Å². The predicted octanol–water partition coefficient (Wildman–Crippen LogP) is 2.75. The van der Waals surface area contributed by atoms with E-state index in [0.29, 0.717) is 6.04 Å². The van der Waals surface area contributed by atoms with Crippen molar-refractivity contribution in [2.24, 2.45) is 0 Å². The van der Waals surface area contributed by atoms with Gasteiger partial charge in [0.2, 0.25) is 0 Å². The van der Waals surface area contributed by atoms with E-state index in [0.717, 1.165) is 0 Å². The lowest BCUT2D eigenvalue weighted by Crippen LogP contribution is -2.34. The summed E-state index contributed by atoms with van der Waals surface area (Å²) in [6.45, 7) is 5.18. The van der Waals surface area contributed by atoms with E-state index in [1.165, 1.54) is 18.5 Å². The molecule has 1 unspecified atom stereocenters. The van der Waals surface area contributed by atoms with Crippen molar-refractivity contribution in [2.75, 3.05) is 6.54 Å². The molecular formula is C11H17N. The van der Waals surface area contributed by atoms with Crippen molar-refractivity contribution in [3.05, 3.63) is 35.9 Å². The predicted molar refractivity (Wildman–Crippen MR) is 53.2 cm³/mol. The minimum absolute atomic E-state index is 0.640. The van der Waals surface area contributed by atoms with Gasteiger partial charge in [0.1, 0.15) is 0 Å². The van der Waals surface area contributed by atoms with Crippen molar-refractivity contribution in [2.45, 2.75) is 26.3 Å². The topological polar surface area (TPSA) is 12.0 Å². The normalized spacial score (nSPS) is 20.3. The summed E-state index contributed by atoms with van der Waals surface area (Å²) in [5.74, 6) is 0. The summed E-state index contributed by atoms with van der Waals surface area (Å²) >= 11 is 0. The number of rotatable bonds is 1. The van der Waals surface area contributed by atoms with Crippen molar-refractivity contribution in [1.29, 1.82) is 0 Å². The first-order chi connectivity index (χ1) is 5.97. The zero-order chi connectivity index (χ0) is 8.81. The van der Waals surface area contributed by atoms with Crippen molar-refractivity contribution in [3.8, 4) is 0 Å². The van der Waals surface area contributed by atoms with E-state index in [9.17, 15) is 0 Å². The molecule has 1 aliphatic heterocycles. The minimum atomic E-state index is 0.640. The lowest BCUT2D eigenvalue weighted by atomic mass is 9.98. The standard InChI is InChI=1S/C9H11N.C2H6/c1-2-4-8(5-3-1)9-6-7-10-9;1-2/h1-5,9-10H,6-7H2;1-2H3. The van der Waals surface area contributed by atoms with Crippen LogP contribution in [0.3, 0.4) is 0 Å². The summed E-state index contributed by atoms with van der Waals surface area (Å²) in [7, 11) is 0. The quantitative estimate of drug-likeness (QED) is 0.671. The Morgan fingerprint density at radius 1 is 1.17 bits per heavy atom. The molecule has 12 heavy (non-hydrogen) atoms. The van der Waals surface area contributed by atoms with Crippen LogP contribution in [0.25, 0.3) is 0 Å². The van der Waals surface area contributed by atoms with Crippen molar-refractivity contribution >= 4 is 0 Å². The maximum Gasteiger partial charge on any atom is 0.0332 e. The molecule has 1 aromatic carbocycles. The number of benzene rings is 1. The molecule has 0 aliphatic carbocycles. The van der Waals surface area contributed by atoms with E-state index in [-0.39, 0.29) is 0 Å². The second kappa shape index (κ2) is 4.94. The monoisotopic (exact) mass is 163 g/mol. The molecule has 1 heteroatoms. The maximum absolute atomic E-state index is 3.36. The minimum Gasteiger partial charge on any atom is -0.310 e. The molecule has 1 aliphatic rings. The molecule has 1 atom stereocenters. The van der Waals surface area contributed by atoms with Crippen LogP contribution in [0.2, 0.25) is 0 Å². The first-order valence-corrected chi connectivity index (χ1v) is 4.75. The van der Waals surface area contributed by atoms with Crippen LogP contribution in [0, 0.1) is 0 Å². The van der Waals surface area contributed by atoms with Gasteiger partial charge < -0.3 is 5.32 Å². The van der Waals surface area contributed by atoms with Crippen LogP contribution in [0.4, 0.5) is 0 Å². The highest BCUT2D eigenvalue weighted by atomic mass is 15.0. The number of nitrogens with one attached hydrogen (secondary N) is 1. The van der Waals surface area contributed by atoms with E-state index in [4.69, 9.17) is 0 Å². The lowest BCUT2D eigenvalue weighted by Gasteiger charge is -2.27. The van der Waals surface area contributed by atoms with Crippen LogP contribution in [0.15, 0.2) is 30.3 Å². The molecule has 1 nitrogen and oxygen atoms in total. The summed E-state index contributed by atoms with van der Waals surface area (Å²) in [6.07, 6.45) is 1.30. The van der Waals surface area contributed by atoms with E-state index in [2.05, 4.69) is 35.6 Å². The fraction of sp³-hybridized carbons (Fsp3) is 0.455. The van der Waals surface area contributed by atoms with Crippen molar-refractivity contribution in [3.63, 3.8) is 0 Å². The van der Waals surface area contributed by atoms with E-state index < -0.39 is 0 Å². The van der Waals surface area contributed by atoms with Gasteiger partial charge in [-0.25, -0.2) is 0 Å². The second-order valence-electron chi connectivity index (χ2n) is 2.71. The largest absolute Gasteiger partial charge is 0.310 e. The summed E-state index contributed by atoms with van der Waals surface area (Å²) in [5, 5.41) is 3.36. The van der Waals surface area contributed by atoms with Crippen LogP contribution >= 0.6 is 0 Å². The SMILES string of the molecule is CC.c1ccc(C2CCN2)cc1. The van der Waals surface area contributed by atoms with Crippen LogP contribution < -0.4 is 5.32 Å². The maximum atomic E-state index is 3.36. The van der Waals surface area contributed by atoms with Gasteiger partial charge in [0.15, 0.2) is 0 Å². The molecule has 66 valence electrons. The van der Waals surface area contributed by atoms with Gasteiger partial charge in [0.05, 0.1) is 0 Å². The second-order valence-corrected chi connectivity index (χ2v) is 2.71. The summed E-state index contributed by atoms with van der Waals surface area (Å²) < 4.78 is 0. The molecule has 0 saturated carbocycles.